The summed E-state index contributed by atoms with van der Waals surface area (Å²) in [4.78, 5) is 37.1. The van der Waals surface area contributed by atoms with Gasteiger partial charge in [-0.05, 0) is 24.5 Å². The number of anilines is 2. The molecule has 2 N–H and O–H groups in total. The van der Waals surface area contributed by atoms with Crippen LogP contribution in [-0.2, 0) is 11.3 Å². The minimum absolute atomic E-state index is 0.0443. The number of aromatic nitrogens is 4. The lowest BCUT2D eigenvalue weighted by atomic mass is 10.2. The molecule has 10 heteroatoms. The first kappa shape index (κ1) is 22.4. The van der Waals surface area contributed by atoms with E-state index in [2.05, 4.69) is 25.7 Å². The number of likely N-dealkylation sites (N-methyl/N-ethyl adjacent to an activating group) is 1. The summed E-state index contributed by atoms with van der Waals surface area (Å²) < 4.78 is 1.61. The predicted octanol–water partition coefficient (Wildman–Crippen LogP) is 2.94. The number of hydrogen-bond acceptors (Lipinski definition) is 7. The number of hydrogen-bond donors (Lipinski definition) is 2. The molecule has 3 heterocycles. The van der Waals surface area contributed by atoms with E-state index in [4.69, 9.17) is 0 Å². The maximum absolute atomic E-state index is 13.1. The number of nitrogens with one attached hydrogen (secondary N) is 2. The first-order valence-corrected chi connectivity index (χ1v) is 12.5. The lowest BCUT2D eigenvalue weighted by Gasteiger charge is -2.21. The Morgan fingerprint density at radius 3 is 2.76 bits per heavy atom. The summed E-state index contributed by atoms with van der Waals surface area (Å²) in [5.74, 6) is 0.630. The highest BCUT2D eigenvalue weighted by Crippen LogP contribution is 2.35. The molecule has 0 spiro atoms. The van der Waals surface area contributed by atoms with Crippen LogP contribution in [0.5, 0.6) is 0 Å². The van der Waals surface area contributed by atoms with Gasteiger partial charge in [-0.3, -0.25) is 9.59 Å². The number of nitrogens with zero attached hydrogens (tertiary/aromatic N) is 5. The zero-order valence-corrected chi connectivity index (χ0v) is 19.8. The molecule has 0 radical (unpaired) electrons. The van der Waals surface area contributed by atoms with E-state index in [1.165, 1.54) is 30.9 Å². The van der Waals surface area contributed by atoms with Gasteiger partial charge in [0.2, 0.25) is 11.7 Å². The second-order valence-electron chi connectivity index (χ2n) is 8.65. The summed E-state index contributed by atoms with van der Waals surface area (Å²) in [7, 11) is 1.71. The molecule has 9 nitrogen and oxygen atoms in total. The van der Waals surface area contributed by atoms with Gasteiger partial charge in [-0.2, -0.15) is 0 Å². The van der Waals surface area contributed by atoms with Crippen LogP contribution in [0.2, 0.25) is 0 Å². The molecule has 2 aliphatic rings. The molecule has 1 aliphatic heterocycles. The molecule has 3 aromatic rings. The molecule has 1 fully saturated rings. The second-order valence-corrected chi connectivity index (χ2v) is 9.71. The molecular formula is C24H27N7O2S. The molecular weight excluding hydrogens is 450 g/mol. The van der Waals surface area contributed by atoms with Crippen LogP contribution < -0.4 is 15.5 Å². The molecule has 1 aliphatic carbocycles. The lowest BCUT2D eigenvalue weighted by Crippen LogP contribution is -2.48. The van der Waals surface area contributed by atoms with Crippen LogP contribution in [0.1, 0.15) is 41.9 Å². The van der Waals surface area contributed by atoms with Gasteiger partial charge in [-0.25, -0.2) is 14.6 Å². The van der Waals surface area contributed by atoms with Crippen LogP contribution in [0.15, 0.2) is 53.8 Å². The van der Waals surface area contributed by atoms with Crippen molar-refractivity contribution in [1.29, 1.82) is 0 Å². The highest BCUT2D eigenvalue weighted by Gasteiger charge is 2.31. The lowest BCUT2D eigenvalue weighted by molar-refractivity contribution is -0.119. The average Bonchev–Trinajstić information content (AvgIpc) is 3.52. The van der Waals surface area contributed by atoms with Crippen LogP contribution in [-0.4, -0.2) is 56.4 Å². The van der Waals surface area contributed by atoms with Gasteiger partial charge in [0.25, 0.3) is 5.91 Å². The fourth-order valence-electron chi connectivity index (χ4n) is 4.32. The van der Waals surface area contributed by atoms with E-state index in [0.717, 1.165) is 34.8 Å². The van der Waals surface area contributed by atoms with Gasteiger partial charge < -0.3 is 15.5 Å². The number of fused-ring (bicyclic) bond motifs is 1. The molecule has 0 unspecified atom stereocenters. The Morgan fingerprint density at radius 1 is 1.18 bits per heavy atom. The monoisotopic (exact) mass is 477 g/mol. The fourth-order valence-corrected chi connectivity index (χ4v) is 5.43. The molecule has 0 bridgehead atoms. The van der Waals surface area contributed by atoms with Crippen LogP contribution in [0.3, 0.4) is 0 Å². The number of amides is 2. The topological polar surface area (TPSA) is 105 Å². The van der Waals surface area contributed by atoms with Crippen molar-refractivity contribution in [2.45, 2.75) is 49.2 Å². The molecule has 5 rings (SSSR count). The Kier molecular flexibility index (Phi) is 6.48. The third kappa shape index (κ3) is 4.91. The maximum atomic E-state index is 13.1. The van der Waals surface area contributed by atoms with Gasteiger partial charge in [-0.15, -0.1) is 16.9 Å². The molecule has 34 heavy (non-hydrogen) atoms. The zero-order chi connectivity index (χ0) is 23.5. The summed E-state index contributed by atoms with van der Waals surface area (Å²) in [6.45, 7) is 0.515. The van der Waals surface area contributed by atoms with Gasteiger partial charge in [0, 0.05) is 23.7 Å². The summed E-state index contributed by atoms with van der Waals surface area (Å²) in [5.41, 5.74) is 1.80. The van der Waals surface area contributed by atoms with Gasteiger partial charge in [0.1, 0.15) is 18.2 Å². The fraction of sp³-hybridized carbons (Fsp3) is 0.375. The molecule has 2 amide bonds. The number of pyridine rings is 1. The third-order valence-electron chi connectivity index (χ3n) is 6.18. The van der Waals surface area contributed by atoms with Crippen molar-refractivity contribution in [3.8, 4) is 0 Å². The molecule has 1 saturated carbocycles. The molecule has 176 valence electrons. The maximum Gasteiger partial charge on any atom is 0.291 e. The standard InChI is InChI=1S/C24H27N7O2S/c1-30-19-12-25-21(27-17-9-5-6-10-17)11-20(19)34-14-18(24(30)33)28-23(32)22-26-15-31(29-22)13-16-7-3-2-4-8-16/h2-4,7-8,11-12,15,17-18H,5-6,9-10,13-14H2,1H3,(H,25,27)(H,28,32)/t18-/m0/s1. The van der Waals surface area contributed by atoms with Crippen molar-refractivity contribution < 1.29 is 9.59 Å². The minimum atomic E-state index is -0.692. The van der Waals surface area contributed by atoms with Crippen molar-refractivity contribution in [2.24, 2.45) is 0 Å². The Hall–Kier alpha value is -3.40. The SMILES string of the molecule is CN1C(=O)[C@@H](NC(=O)c2ncn(Cc3ccccc3)n2)CSc2cc(NC3CCCC3)ncc21. The second kappa shape index (κ2) is 9.84. The summed E-state index contributed by atoms with van der Waals surface area (Å²) in [6, 6.07) is 11.6. The summed E-state index contributed by atoms with van der Waals surface area (Å²) >= 11 is 1.54. The van der Waals surface area contributed by atoms with Gasteiger partial charge in [0.05, 0.1) is 18.4 Å². The van der Waals surface area contributed by atoms with Crippen LogP contribution in [0, 0.1) is 0 Å². The van der Waals surface area contributed by atoms with Gasteiger partial charge in [0.15, 0.2) is 0 Å². The van der Waals surface area contributed by atoms with Crippen LogP contribution >= 0.6 is 11.8 Å². The summed E-state index contributed by atoms with van der Waals surface area (Å²) in [5, 5.41) is 10.6. The Balaban J connectivity index is 1.25. The van der Waals surface area contributed by atoms with E-state index in [0.29, 0.717) is 18.3 Å². The number of benzene rings is 1. The van der Waals surface area contributed by atoms with E-state index in [-0.39, 0.29) is 11.7 Å². The summed E-state index contributed by atoms with van der Waals surface area (Å²) in [6.07, 6.45) is 8.07. The average molecular weight is 478 g/mol. The molecule has 2 aromatic heterocycles. The smallest absolute Gasteiger partial charge is 0.291 e. The zero-order valence-electron chi connectivity index (χ0n) is 19.0. The van der Waals surface area contributed by atoms with E-state index < -0.39 is 11.9 Å². The predicted molar refractivity (Wildman–Crippen MR) is 131 cm³/mol. The van der Waals surface area contributed by atoms with E-state index in [1.54, 1.807) is 22.8 Å². The Bertz CT molecular complexity index is 1180. The van der Waals surface area contributed by atoms with Crippen molar-refractivity contribution in [2.75, 3.05) is 23.0 Å². The normalized spacial score (nSPS) is 18.4. The van der Waals surface area contributed by atoms with E-state index in [1.807, 2.05) is 36.4 Å². The van der Waals surface area contributed by atoms with Crippen molar-refractivity contribution in [1.82, 2.24) is 25.1 Å². The van der Waals surface area contributed by atoms with Gasteiger partial charge in [-0.1, -0.05) is 43.2 Å². The van der Waals surface area contributed by atoms with Crippen molar-refractivity contribution >= 4 is 35.1 Å². The van der Waals surface area contributed by atoms with Crippen molar-refractivity contribution in [3.63, 3.8) is 0 Å². The number of rotatable bonds is 6. The largest absolute Gasteiger partial charge is 0.367 e. The van der Waals surface area contributed by atoms with Crippen LogP contribution in [0.25, 0.3) is 0 Å². The first-order valence-electron chi connectivity index (χ1n) is 11.5. The highest BCUT2D eigenvalue weighted by atomic mass is 32.2. The van der Waals surface area contributed by atoms with E-state index in [9.17, 15) is 9.59 Å². The Labute approximate surface area is 202 Å². The highest BCUT2D eigenvalue weighted by molar-refractivity contribution is 7.99. The Morgan fingerprint density at radius 2 is 1.97 bits per heavy atom. The van der Waals surface area contributed by atoms with Crippen LogP contribution in [0.4, 0.5) is 11.5 Å². The molecule has 1 aromatic carbocycles. The number of thioether (sulfide) groups is 1. The molecule has 1 atom stereocenters. The van der Waals surface area contributed by atoms with E-state index >= 15 is 0 Å². The molecule has 0 saturated heterocycles. The number of carbonyl (C=O) groups excluding carboxylic acids is 2. The third-order valence-corrected chi connectivity index (χ3v) is 7.32. The van der Waals surface area contributed by atoms with Gasteiger partial charge >= 0.3 is 0 Å². The first-order chi connectivity index (χ1) is 16.6. The quantitative estimate of drug-likeness (QED) is 0.562. The minimum Gasteiger partial charge on any atom is -0.367 e. The van der Waals surface area contributed by atoms with Crippen molar-refractivity contribution in [3.05, 3.63) is 60.3 Å². The number of carbonyl (C=O) groups is 2.